The SMILES string of the molecule is CC(C)(C)c1cc(C(C)(C)C)c2oc(C(=O)N/N=C/c3cc(/C=N/NC(=O)c4ccc(C#Cc5ccccc5)o4)cc(B(O)O)c3)cc(=O)c2c1. The van der Waals surface area contributed by atoms with E-state index in [0.29, 0.717) is 27.9 Å². The van der Waals surface area contributed by atoms with Gasteiger partial charge < -0.3 is 18.9 Å². The number of rotatable bonds is 7. The average molecular weight is 685 g/mol. The first kappa shape index (κ1) is 36.3. The number of carbonyl (C=O) groups is 2. The maximum atomic E-state index is 13.2. The third-order valence-corrected chi connectivity index (χ3v) is 7.72. The summed E-state index contributed by atoms with van der Waals surface area (Å²) in [5.41, 5.74) is 7.54. The molecule has 5 aromatic rings. The Morgan fingerprint density at radius 2 is 1.37 bits per heavy atom. The Bertz CT molecular complexity index is 2280. The van der Waals surface area contributed by atoms with Crippen LogP contribution in [0.2, 0.25) is 0 Å². The van der Waals surface area contributed by atoms with Crippen LogP contribution in [0.1, 0.15) is 96.2 Å². The van der Waals surface area contributed by atoms with E-state index in [0.717, 1.165) is 22.8 Å². The molecule has 0 fully saturated rings. The summed E-state index contributed by atoms with van der Waals surface area (Å²) in [6.45, 7) is 12.2. The fourth-order valence-electron chi connectivity index (χ4n) is 4.98. The summed E-state index contributed by atoms with van der Waals surface area (Å²) in [7, 11) is -1.82. The summed E-state index contributed by atoms with van der Waals surface area (Å²) < 4.78 is 11.5. The topological polar surface area (TPSA) is 167 Å². The standard InChI is InChI=1S/C39H37BN4O7/c1-38(2,3)27-19-30-32(45)21-34(51-35(30)31(20-27)39(4,5)6)37(47)44-42-23-26-16-25(17-28(18-26)40(48)49)22-41-43-36(46)33-15-14-29(50-33)13-12-24-10-8-7-9-11-24/h7-11,14-23,48-49H,1-6H3,(H,43,46)(H,44,47)/b41-22+,42-23+. The quantitative estimate of drug-likeness (QED) is 0.0843. The van der Waals surface area contributed by atoms with Crippen molar-refractivity contribution in [3.05, 3.63) is 134 Å². The number of hydrogen-bond donors (Lipinski definition) is 4. The van der Waals surface area contributed by atoms with Gasteiger partial charge in [-0.2, -0.15) is 10.2 Å². The van der Waals surface area contributed by atoms with Gasteiger partial charge in [-0.25, -0.2) is 10.9 Å². The van der Waals surface area contributed by atoms with Gasteiger partial charge in [0.2, 0.25) is 0 Å². The molecular weight excluding hydrogens is 647 g/mol. The number of fused-ring (bicyclic) bond motifs is 1. The Morgan fingerprint density at radius 1 is 0.745 bits per heavy atom. The lowest BCUT2D eigenvalue weighted by Crippen LogP contribution is -2.30. The molecule has 0 bridgehead atoms. The van der Waals surface area contributed by atoms with E-state index in [2.05, 4.69) is 53.7 Å². The van der Waals surface area contributed by atoms with Crippen LogP contribution in [0.4, 0.5) is 0 Å². The monoisotopic (exact) mass is 684 g/mol. The van der Waals surface area contributed by atoms with Gasteiger partial charge in [0.1, 0.15) is 5.58 Å². The van der Waals surface area contributed by atoms with Gasteiger partial charge in [0.15, 0.2) is 22.7 Å². The predicted octanol–water partition coefficient (Wildman–Crippen LogP) is 4.59. The second-order valence-electron chi connectivity index (χ2n) is 13.9. The van der Waals surface area contributed by atoms with Gasteiger partial charge in [0.25, 0.3) is 0 Å². The second-order valence-corrected chi connectivity index (χ2v) is 13.9. The number of furan rings is 1. The van der Waals surface area contributed by atoms with Crippen LogP contribution in [0.25, 0.3) is 11.0 Å². The number of nitrogens with one attached hydrogen (secondary N) is 2. The lowest BCUT2D eigenvalue weighted by molar-refractivity contribution is 0.0920. The predicted molar refractivity (Wildman–Crippen MR) is 197 cm³/mol. The highest BCUT2D eigenvalue weighted by Crippen LogP contribution is 2.34. The van der Waals surface area contributed by atoms with E-state index in [9.17, 15) is 24.4 Å². The minimum atomic E-state index is -1.82. The van der Waals surface area contributed by atoms with Crippen LogP contribution in [-0.4, -0.2) is 41.4 Å². The van der Waals surface area contributed by atoms with E-state index in [1.54, 1.807) is 18.2 Å². The van der Waals surface area contributed by atoms with E-state index in [-0.39, 0.29) is 33.2 Å². The van der Waals surface area contributed by atoms with Crippen LogP contribution in [0.5, 0.6) is 0 Å². The van der Waals surface area contributed by atoms with Crippen molar-refractivity contribution in [1.29, 1.82) is 0 Å². The molecule has 12 heteroatoms. The van der Waals surface area contributed by atoms with E-state index in [4.69, 9.17) is 8.83 Å². The van der Waals surface area contributed by atoms with Crippen molar-refractivity contribution >= 4 is 47.8 Å². The molecular formula is C39H37BN4O7. The Kier molecular flexibility index (Phi) is 10.6. The summed E-state index contributed by atoms with van der Waals surface area (Å²) in [4.78, 5) is 38.8. The molecule has 0 aliphatic rings. The number of hydrogen-bond acceptors (Lipinski definition) is 9. The fourth-order valence-corrected chi connectivity index (χ4v) is 4.98. The molecule has 11 nitrogen and oxygen atoms in total. The van der Waals surface area contributed by atoms with Gasteiger partial charge in [-0.1, -0.05) is 83.9 Å². The van der Waals surface area contributed by atoms with Gasteiger partial charge in [-0.15, -0.1) is 0 Å². The Balaban J connectivity index is 1.30. The third kappa shape index (κ3) is 9.16. The van der Waals surface area contributed by atoms with E-state index in [1.165, 1.54) is 30.6 Å². The molecule has 2 heterocycles. The molecule has 0 aliphatic carbocycles. The number of hydrazone groups is 2. The van der Waals surface area contributed by atoms with Gasteiger partial charge in [-0.3, -0.25) is 14.4 Å². The smallest absolute Gasteiger partial charge is 0.450 e. The molecule has 3 aromatic carbocycles. The van der Waals surface area contributed by atoms with Crippen molar-refractivity contribution in [1.82, 2.24) is 10.9 Å². The number of carbonyl (C=O) groups excluding carboxylic acids is 2. The van der Waals surface area contributed by atoms with Crippen molar-refractivity contribution in [3.8, 4) is 11.8 Å². The first-order valence-electron chi connectivity index (χ1n) is 16.1. The molecule has 0 radical (unpaired) electrons. The lowest BCUT2D eigenvalue weighted by Gasteiger charge is -2.26. The zero-order valence-corrected chi connectivity index (χ0v) is 29.1. The zero-order valence-electron chi connectivity index (χ0n) is 29.1. The van der Waals surface area contributed by atoms with E-state index < -0.39 is 18.9 Å². The molecule has 5 rings (SSSR count). The second kappa shape index (κ2) is 14.8. The largest absolute Gasteiger partial charge is 0.488 e. The molecule has 0 aliphatic heterocycles. The lowest BCUT2D eigenvalue weighted by atomic mass is 9.79. The normalized spacial score (nSPS) is 11.8. The summed E-state index contributed by atoms with van der Waals surface area (Å²) >= 11 is 0. The van der Waals surface area contributed by atoms with Gasteiger partial charge in [0, 0.05) is 17.2 Å². The van der Waals surface area contributed by atoms with Gasteiger partial charge in [0.05, 0.1) is 17.8 Å². The molecule has 0 spiro atoms. The van der Waals surface area contributed by atoms with Crippen LogP contribution in [0.15, 0.2) is 103 Å². The summed E-state index contributed by atoms with van der Waals surface area (Å²) in [5.74, 6) is 4.53. The van der Waals surface area contributed by atoms with Crippen molar-refractivity contribution in [2.24, 2.45) is 10.2 Å². The minimum absolute atomic E-state index is 0.000794. The summed E-state index contributed by atoms with van der Waals surface area (Å²) in [5, 5.41) is 28.0. The highest BCUT2D eigenvalue weighted by molar-refractivity contribution is 6.58. The molecule has 0 atom stereocenters. The van der Waals surface area contributed by atoms with Gasteiger partial charge >= 0.3 is 18.9 Å². The maximum absolute atomic E-state index is 13.2. The van der Waals surface area contributed by atoms with Crippen molar-refractivity contribution < 1.29 is 28.5 Å². The first-order chi connectivity index (χ1) is 24.1. The van der Waals surface area contributed by atoms with Crippen molar-refractivity contribution in [2.75, 3.05) is 0 Å². The molecule has 0 saturated carbocycles. The molecule has 0 unspecified atom stereocenters. The van der Waals surface area contributed by atoms with Crippen LogP contribution < -0.4 is 21.7 Å². The van der Waals surface area contributed by atoms with Crippen LogP contribution in [0, 0.1) is 11.8 Å². The minimum Gasteiger partial charge on any atom is -0.450 e. The van der Waals surface area contributed by atoms with Crippen molar-refractivity contribution in [3.63, 3.8) is 0 Å². The molecule has 258 valence electrons. The Morgan fingerprint density at radius 3 is 1.96 bits per heavy atom. The van der Waals surface area contributed by atoms with Crippen LogP contribution in [-0.2, 0) is 10.8 Å². The number of nitrogens with zero attached hydrogens (tertiary/aromatic N) is 2. The number of benzene rings is 3. The first-order valence-corrected chi connectivity index (χ1v) is 16.1. The average Bonchev–Trinajstić information content (AvgIpc) is 3.56. The summed E-state index contributed by atoms with van der Waals surface area (Å²) in [6, 6.07) is 21.8. The molecule has 4 N–H and O–H groups in total. The van der Waals surface area contributed by atoms with Crippen LogP contribution in [0.3, 0.4) is 0 Å². The molecule has 51 heavy (non-hydrogen) atoms. The molecule has 0 saturated heterocycles. The Labute approximate surface area is 295 Å². The van der Waals surface area contributed by atoms with Crippen LogP contribution >= 0.6 is 0 Å². The highest BCUT2D eigenvalue weighted by atomic mass is 16.4. The fraction of sp³-hybridized carbons (Fsp3) is 0.205. The Hall–Kier alpha value is -6.03. The van der Waals surface area contributed by atoms with Crippen molar-refractivity contribution in [2.45, 2.75) is 52.4 Å². The number of amides is 2. The molecule has 2 amide bonds. The highest BCUT2D eigenvalue weighted by Gasteiger charge is 2.26. The van der Waals surface area contributed by atoms with E-state index in [1.807, 2.05) is 57.2 Å². The summed E-state index contributed by atoms with van der Waals surface area (Å²) in [6.07, 6.45) is 2.57. The van der Waals surface area contributed by atoms with E-state index >= 15 is 0 Å². The maximum Gasteiger partial charge on any atom is 0.488 e. The third-order valence-electron chi connectivity index (χ3n) is 7.72. The zero-order chi connectivity index (χ0) is 36.9. The van der Waals surface area contributed by atoms with Gasteiger partial charge in [-0.05, 0) is 75.3 Å². The molecule has 2 aromatic heterocycles.